The number of hydrogen-bond donors (Lipinski definition) is 3. The molecule has 4 aliphatic rings. The number of hydrogen-bond acceptors (Lipinski definition) is 9. The van der Waals surface area contributed by atoms with Gasteiger partial charge in [0.1, 0.15) is 29.4 Å². The normalized spacial score (nSPS) is 24.4. The number of benzene rings is 2. The maximum atomic E-state index is 14.3. The van der Waals surface area contributed by atoms with Gasteiger partial charge in [-0.2, -0.15) is 5.48 Å². The quantitative estimate of drug-likeness (QED) is 0.128. The van der Waals surface area contributed by atoms with Crippen LogP contribution in [0, 0.1) is 17.3 Å². The number of hydroxylamine groups is 1. The largest absolute Gasteiger partial charge is 0.390 e. The molecule has 0 bridgehead atoms. The number of carbonyl (C=O) groups excluding carboxylic acids is 3. The van der Waals surface area contributed by atoms with Gasteiger partial charge < -0.3 is 19.9 Å². The van der Waals surface area contributed by atoms with Crippen LogP contribution in [0.3, 0.4) is 0 Å². The van der Waals surface area contributed by atoms with E-state index in [2.05, 4.69) is 48.0 Å². The fraction of sp³-hybridized carbons (Fsp3) is 0.526. The van der Waals surface area contributed by atoms with Gasteiger partial charge in [-0.15, -0.1) is 6.58 Å². The van der Waals surface area contributed by atoms with Gasteiger partial charge in [0.25, 0.3) is 5.91 Å². The third-order valence-corrected chi connectivity index (χ3v) is 12.0. The van der Waals surface area contributed by atoms with Gasteiger partial charge in [-0.05, 0) is 48.1 Å². The van der Waals surface area contributed by atoms with Crippen molar-refractivity contribution in [2.24, 2.45) is 22.4 Å². The fourth-order valence-electron chi connectivity index (χ4n) is 6.76. The Morgan fingerprint density at radius 2 is 1.65 bits per heavy atom. The van der Waals surface area contributed by atoms with Crippen molar-refractivity contribution in [3.05, 3.63) is 72.3 Å². The highest BCUT2D eigenvalue weighted by Crippen LogP contribution is 2.45. The third-order valence-electron chi connectivity index (χ3n) is 10.1. The minimum atomic E-state index is -3.85. The lowest BCUT2D eigenvalue weighted by Crippen LogP contribution is -2.58. The smallest absolute Gasteiger partial charge is 0.259 e. The summed E-state index contributed by atoms with van der Waals surface area (Å²) in [7, 11) is -3.85. The van der Waals surface area contributed by atoms with Gasteiger partial charge in [0.05, 0.1) is 18.4 Å². The molecule has 3 amide bonds. The Kier molecular flexibility index (Phi) is 10.2. The summed E-state index contributed by atoms with van der Waals surface area (Å²) in [5.74, 6) is -2.40. The molecule has 0 spiro atoms. The van der Waals surface area contributed by atoms with Crippen molar-refractivity contribution in [3.8, 4) is 11.1 Å². The molecule has 1 aliphatic heterocycles. The lowest BCUT2D eigenvalue weighted by molar-refractivity contribution is -0.145. The van der Waals surface area contributed by atoms with Crippen molar-refractivity contribution >= 4 is 33.5 Å². The van der Waals surface area contributed by atoms with Crippen molar-refractivity contribution < 1.29 is 32.5 Å². The van der Waals surface area contributed by atoms with Crippen molar-refractivity contribution in [2.75, 3.05) is 13.2 Å². The van der Waals surface area contributed by atoms with Crippen molar-refractivity contribution in [2.45, 2.75) is 95.7 Å². The van der Waals surface area contributed by atoms with Gasteiger partial charge in [-0.25, -0.2) is 8.42 Å². The fourth-order valence-corrected chi connectivity index (χ4v) is 8.12. The minimum absolute atomic E-state index is 0.0376. The average Bonchev–Trinajstić information content (AvgIpc) is 3.99. The van der Waals surface area contributed by atoms with E-state index >= 15 is 0 Å². The second-order valence-electron chi connectivity index (χ2n) is 15.7. The van der Waals surface area contributed by atoms with Crippen molar-refractivity contribution in [3.63, 3.8) is 0 Å². The number of carbonyl (C=O) groups is 3. The molecule has 2 aromatic rings. The Labute approximate surface area is 300 Å². The molecule has 51 heavy (non-hydrogen) atoms. The van der Waals surface area contributed by atoms with Crippen LogP contribution in [0.25, 0.3) is 11.1 Å². The van der Waals surface area contributed by atoms with Crippen LogP contribution < -0.4 is 15.5 Å². The second kappa shape index (κ2) is 14.2. The molecule has 3 N–H and O–H groups in total. The maximum Gasteiger partial charge on any atom is 0.259 e. The first kappa shape index (κ1) is 36.7. The summed E-state index contributed by atoms with van der Waals surface area (Å²) in [6.45, 7) is 14.3. The van der Waals surface area contributed by atoms with Crippen LogP contribution >= 0.6 is 0 Å². The van der Waals surface area contributed by atoms with E-state index in [-0.39, 0.29) is 36.6 Å². The van der Waals surface area contributed by atoms with Crippen molar-refractivity contribution in [1.82, 2.24) is 20.4 Å². The molecule has 274 valence electrons. The number of oxime groups is 1. The summed E-state index contributed by atoms with van der Waals surface area (Å²) in [5, 5.41) is 6.83. The molecule has 6 rings (SSSR count). The third kappa shape index (κ3) is 7.75. The molecule has 0 aromatic heterocycles. The van der Waals surface area contributed by atoms with E-state index in [0.717, 1.165) is 28.7 Å². The number of nitrogens with one attached hydrogen (secondary N) is 3. The summed E-state index contributed by atoms with van der Waals surface area (Å²) in [6, 6.07) is 14.1. The first-order valence-electron chi connectivity index (χ1n) is 17.8. The number of fused-ring (bicyclic) bond motifs is 3. The number of likely N-dealkylation sites (tertiary alicyclic amines) is 1. The molecule has 2 saturated carbocycles. The SMILES string of the molecule is C=C[C@@H]1C[C@@]1(NC(=O)[C@@H]1C[C@@H](ON=C2c3ccccc3-c3ccccc32)CN1C(=O)[C@H](NOCCC(C)(C)C)C(C)C)C(=O)NS(=O)(=O)C1CC1. The number of rotatable bonds is 14. The molecule has 0 radical (unpaired) electrons. The molecule has 3 aliphatic carbocycles. The van der Waals surface area contributed by atoms with Crippen LogP contribution in [-0.4, -0.2) is 78.9 Å². The van der Waals surface area contributed by atoms with E-state index in [9.17, 15) is 22.8 Å². The molecule has 0 unspecified atom stereocenters. The van der Waals surface area contributed by atoms with E-state index < -0.39 is 56.7 Å². The zero-order chi connectivity index (χ0) is 36.7. The van der Waals surface area contributed by atoms with E-state index in [1.807, 2.05) is 62.4 Å². The van der Waals surface area contributed by atoms with Gasteiger partial charge in [-0.3, -0.25) is 19.1 Å². The summed E-state index contributed by atoms with van der Waals surface area (Å²) in [5.41, 5.74) is 6.10. The molecule has 12 nitrogen and oxygen atoms in total. The van der Waals surface area contributed by atoms with Crippen LogP contribution in [0.4, 0.5) is 0 Å². The van der Waals surface area contributed by atoms with Crippen LogP contribution in [0.1, 0.15) is 77.8 Å². The second-order valence-corrected chi connectivity index (χ2v) is 17.6. The maximum absolute atomic E-state index is 14.3. The van der Waals surface area contributed by atoms with Crippen LogP contribution in [0.2, 0.25) is 0 Å². The molecule has 1 heterocycles. The van der Waals surface area contributed by atoms with Crippen LogP contribution in [-0.2, 0) is 34.1 Å². The highest BCUT2D eigenvalue weighted by molar-refractivity contribution is 7.91. The topological polar surface area (TPSA) is 156 Å². The predicted octanol–water partition coefficient (Wildman–Crippen LogP) is 4.06. The van der Waals surface area contributed by atoms with Crippen LogP contribution in [0.5, 0.6) is 0 Å². The Morgan fingerprint density at radius 1 is 1.04 bits per heavy atom. The molecular weight excluding hydrogens is 671 g/mol. The van der Waals surface area contributed by atoms with E-state index in [4.69, 9.17) is 9.68 Å². The number of nitrogens with zero attached hydrogens (tertiary/aromatic N) is 2. The Balaban J connectivity index is 1.24. The Morgan fingerprint density at radius 3 is 2.18 bits per heavy atom. The van der Waals surface area contributed by atoms with Gasteiger partial charge in [0, 0.05) is 23.5 Å². The summed E-state index contributed by atoms with van der Waals surface area (Å²) >= 11 is 0. The van der Waals surface area contributed by atoms with E-state index in [0.29, 0.717) is 25.2 Å². The van der Waals surface area contributed by atoms with Crippen molar-refractivity contribution in [1.29, 1.82) is 0 Å². The highest BCUT2D eigenvalue weighted by atomic mass is 32.2. The zero-order valence-corrected chi connectivity index (χ0v) is 30.8. The predicted molar refractivity (Wildman–Crippen MR) is 194 cm³/mol. The standard InChI is InChI=1S/C38H49N5O7S/c1-7-24-21-38(24,36(46)42-51(47,48)26-16-17-26)39-34(44)31-20-25(22-43(31)35(45)32(23(2)3)40-49-19-18-37(4,5)6)50-41-33-29-14-10-8-12-27(29)28-13-9-11-15-30(28)33/h7-15,23-26,31-32,40H,1,16-22H2,2-6H3,(H,39,44)(H,42,46)/t24-,25-,31+,32-,38+/m1/s1. The zero-order valence-electron chi connectivity index (χ0n) is 30.0. The molecule has 5 atom stereocenters. The molecule has 3 fully saturated rings. The molecule has 1 saturated heterocycles. The molecular formula is C38H49N5O7S. The lowest BCUT2D eigenvalue weighted by Gasteiger charge is -2.31. The highest BCUT2D eigenvalue weighted by Gasteiger charge is 2.62. The average molecular weight is 720 g/mol. The summed E-state index contributed by atoms with van der Waals surface area (Å²) in [4.78, 5) is 55.3. The summed E-state index contributed by atoms with van der Waals surface area (Å²) < 4.78 is 27.5. The summed E-state index contributed by atoms with van der Waals surface area (Å²) in [6.07, 6.45) is 2.92. The van der Waals surface area contributed by atoms with Gasteiger partial charge in [0.15, 0.2) is 0 Å². The Hall–Kier alpha value is -4.07. The molecule has 13 heteroatoms. The van der Waals surface area contributed by atoms with Gasteiger partial charge in [0.2, 0.25) is 21.8 Å². The monoisotopic (exact) mass is 719 g/mol. The first-order valence-corrected chi connectivity index (χ1v) is 19.3. The first-order chi connectivity index (χ1) is 24.1. The Bertz CT molecular complexity index is 1790. The van der Waals surface area contributed by atoms with Crippen LogP contribution in [0.15, 0.2) is 66.3 Å². The van der Waals surface area contributed by atoms with Gasteiger partial charge >= 0.3 is 0 Å². The minimum Gasteiger partial charge on any atom is -0.390 e. The number of amides is 3. The molecule has 2 aromatic carbocycles. The van der Waals surface area contributed by atoms with E-state index in [1.165, 1.54) is 11.0 Å². The van der Waals surface area contributed by atoms with Gasteiger partial charge in [-0.1, -0.05) is 94.4 Å². The lowest BCUT2D eigenvalue weighted by atomic mass is 9.93. The number of sulfonamides is 1. The van der Waals surface area contributed by atoms with E-state index in [1.54, 1.807) is 0 Å².